The number of oxazole rings is 1. The zero-order valence-electron chi connectivity index (χ0n) is 18.3. The molecule has 3 N–H and O–H groups in total. The molecule has 0 saturated heterocycles. The summed E-state index contributed by atoms with van der Waals surface area (Å²) in [7, 11) is -3.76. The van der Waals surface area contributed by atoms with Crippen LogP contribution in [0.2, 0.25) is 0 Å². The van der Waals surface area contributed by atoms with Gasteiger partial charge >= 0.3 is 0 Å². The first-order valence-electron chi connectivity index (χ1n) is 10.5. The molecule has 174 valence electrons. The summed E-state index contributed by atoms with van der Waals surface area (Å²) in [5, 5.41) is 8.43. The van der Waals surface area contributed by atoms with Crippen molar-refractivity contribution >= 4 is 27.7 Å². The lowest BCUT2D eigenvalue weighted by atomic mass is 10.1. The number of benzene rings is 3. The summed E-state index contributed by atoms with van der Waals surface area (Å²) in [6.45, 7) is 1.82. The third kappa shape index (κ3) is 5.74. The average molecular weight is 494 g/mol. The lowest BCUT2D eigenvalue weighted by molar-refractivity contribution is -0.119. The summed E-state index contributed by atoms with van der Waals surface area (Å²) in [5.41, 5.74) is 3.32. The van der Waals surface area contributed by atoms with Crippen LogP contribution in [0.15, 0.2) is 99.5 Å². The van der Waals surface area contributed by atoms with Gasteiger partial charge in [0.2, 0.25) is 15.9 Å². The van der Waals surface area contributed by atoms with Crippen molar-refractivity contribution in [1.29, 1.82) is 0 Å². The summed E-state index contributed by atoms with van der Waals surface area (Å²) in [5.74, 6) is 0.564. The van der Waals surface area contributed by atoms with Gasteiger partial charge in [-0.15, -0.1) is 0 Å². The van der Waals surface area contributed by atoms with Gasteiger partial charge in [-0.25, -0.2) is 18.5 Å². The SMILES string of the molecule is C[C@@H](NC(=O)CSc1nc(-c2ccccc2)c(-c2ccccc2)o1)c1ccc(S(N)(=O)=O)cc1. The van der Waals surface area contributed by atoms with E-state index in [1.54, 1.807) is 12.1 Å². The quantitative estimate of drug-likeness (QED) is 0.346. The van der Waals surface area contributed by atoms with E-state index in [9.17, 15) is 13.2 Å². The van der Waals surface area contributed by atoms with Gasteiger partial charge in [-0.1, -0.05) is 84.6 Å². The van der Waals surface area contributed by atoms with Crippen molar-refractivity contribution in [3.8, 4) is 22.6 Å². The van der Waals surface area contributed by atoms with Crippen LogP contribution in [0.1, 0.15) is 18.5 Å². The monoisotopic (exact) mass is 493 g/mol. The molecule has 4 rings (SSSR count). The number of aromatic nitrogens is 1. The molecule has 1 heterocycles. The van der Waals surface area contributed by atoms with Crippen LogP contribution >= 0.6 is 11.8 Å². The molecule has 0 radical (unpaired) electrons. The summed E-state index contributed by atoms with van der Waals surface area (Å²) in [6.07, 6.45) is 0. The molecule has 0 saturated carbocycles. The van der Waals surface area contributed by atoms with Gasteiger partial charge in [0.25, 0.3) is 5.22 Å². The van der Waals surface area contributed by atoms with E-state index in [1.165, 1.54) is 23.9 Å². The normalized spacial score (nSPS) is 12.3. The second kappa shape index (κ2) is 10.3. The fourth-order valence-corrected chi connectivity index (χ4v) is 4.53. The van der Waals surface area contributed by atoms with Crippen molar-refractivity contribution in [1.82, 2.24) is 10.3 Å². The molecule has 0 aliphatic rings. The molecule has 1 atom stereocenters. The second-order valence-electron chi connectivity index (χ2n) is 7.58. The Morgan fingerprint density at radius 2 is 1.56 bits per heavy atom. The van der Waals surface area contributed by atoms with Crippen LogP contribution in [0.25, 0.3) is 22.6 Å². The van der Waals surface area contributed by atoms with Crippen LogP contribution in [-0.2, 0) is 14.8 Å². The topological polar surface area (TPSA) is 115 Å². The Labute approximate surface area is 202 Å². The molecule has 4 aromatic rings. The largest absolute Gasteiger partial charge is 0.431 e. The van der Waals surface area contributed by atoms with Gasteiger partial charge in [0.05, 0.1) is 16.7 Å². The van der Waals surface area contributed by atoms with Crippen molar-refractivity contribution in [2.45, 2.75) is 23.1 Å². The second-order valence-corrected chi connectivity index (χ2v) is 10.1. The fourth-order valence-electron chi connectivity index (χ4n) is 3.38. The Hall–Kier alpha value is -3.40. The maximum Gasteiger partial charge on any atom is 0.257 e. The summed E-state index contributed by atoms with van der Waals surface area (Å²) in [4.78, 5) is 17.2. The number of nitrogens with one attached hydrogen (secondary N) is 1. The summed E-state index contributed by atoms with van der Waals surface area (Å²) in [6, 6.07) is 25.3. The molecule has 0 unspecified atom stereocenters. The maximum absolute atomic E-state index is 12.5. The third-order valence-corrected chi connectivity index (χ3v) is 6.86. The molecule has 0 aliphatic heterocycles. The molecule has 3 aromatic carbocycles. The van der Waals surface area contributed by atoms with Gasteiger partial charge in [-0.05, 0) is 24.6 Å². The molecule has 0 spiro atoms. The van der Waals surface area contributed by atoms with Crippen LogP contribution in [0, 0.1) is 0 Å². The average Bonchev–Trinajstić information content (AvgIpc) is 3.28. The number of nitrogens with two attached hydrogens (primary N) is 1. The molecular formula is C25H23N3O4S2. The van der Waals surface area contributed by atoms with Gasteiger partial charge in [0.1, 0.15) is 5.69 Å². The van der Waals surface area contributed by atoms with E-state index in [4.69, 9.17) is 9.56 Å². The Kier molecular flexibility index (Phi) is 7.16. The predicted octanol–water partition coefficient (Wildman–Crippen LogP) is 4.63. The fraction of sp³-hybridized carbons (Fsp3) is 0.120. The van der Waals surface area contributed by atoms with E-state index < -0.39 is 10.0 Å². The third-order valence-electron chi connectivity index (χ3n) is 5.10. The Morgan fingerprint density at radius 1 is 0.971 bits per heavy atom. The molecular weight excluding hydrogens is 470 g/mol. The lowest BCUT2D eigenvalue weighted by Crippen LogP contribution is -2.28. The number of rotatable bonds is 8. The highest BCUT2D eigenvalue weighted by atomic mass is 32.2. The van der Waals surface area contributed by atoms with E-state index in [1.807, 2.05) is 67.6 Å². The van der Waals surface area contributed by atoms with Crippen molar-refractivity contribution in [2.24, 2.45) is 5.14 Å². The number of carbonyl (C=O) groups excluding carboxylic acids is 1. The minimum Gasteiger partial charge on any atom is -0.431 e. The number of sulfonamides is 1. The molecule has 1 aromatic heterocycles. The van der Waals surface area contributed by atoms with E-state index in [-0.39, 0.29) is 22.6 Å². The van der Waals surface area contributed by atoms with Gasteiger partial charge in [0, 0.05) is 11.1 Å². The van der Waals surface area contributed by atoms with E-state index in [2.05, 4.69) is 10.3 Å². The number of amides is 1. The molecule has 9 heteroatoms. The van der Waals surface area contributed by atoms with Gasteiger partial charge in [-0.2, -0.15) is 0 Å². The zero-order chi connectivity index (χ0) is 24.1. The smallest absolute Gasteiger partial charge is 0.257 e. The van der Waals surface area contributed by atoms with Crippen LogP contribution in [0.3, 0.4) is 0 Å². The van der Waals surface area contributed by atoms with Gasteiger partial charge in [0.15, 0.2) is 5.76 Å². The number of carbonyl (C=O) groups is 1. The number of nitrogens with zero attached hydrogens (tertiary/aromatic N) is 1. The molecule has 7 nitrogen and oxygen atoms in total. The molecule has 1 amide bonds. The van der Waals surface area contributed by atoms with Crippen LogP contribution < -0.4 is 10.5 Å². The number of hydrogen-bond acceptors (Lipinski definition) is 6. The first kappa shape index (κ1) is 23.7. The highest BCUT2D eigenvalue weighted by molar-refractivity contribution is 7.99. The van der Waals surface area contributed by atoms with E-state index in [0.717, 1.165) is 22.4 Å². The van der Waals surface area contributed by atoms with Crippen LogP contribution in [-0.4, -0.2) is 25.1 Å². The molecule has 0 aliphatic carbocycles. The Balaban J connectivity index is 1.45. The van der Waals surface area contributed by atoms with Crippen LogP contribution in [0.5, 0.6) is 0 Å². The summed E-state index contributed by atoms with van der Waals surface area (Å²) < 4.78 is 28.9. The highest BCUT2D eigenvalue weighted by Crippen LogP contribution is 2.35. The Bertz CT molecular complexity index is 1310. The van der Waals surface area contributed by atoms with Gasteiger partial charge in [-0.3, -0.25) is 4.79 Å². The van der Waals surface area contributed by atoms with E-state index >= 15 is 0 Å². The molecule has 0 bridgehead atoms. The minimum atomic E-state index is -3.76. The minimum absolute atomic E-state index is 0.0256. The van der Waals surface area contributed by atoms with Crippen LogP contribution in [0.4, 0.5) is 0 Å². The first-order chi connectivity index (χ1) is 16.3. The van der Waals surface area contributed by atoms with Crippen molar-refractivity contribution in [3.63, 3.8) is 0 Å². The lowest BCUT2D eigenvalue weighted by Gasteiger charge is -2.14. The number of primary sulfonamides is 1. The zero-order valence-corrected chi connectivity index (χ0v) is 20.0. The van der Waals surface area contributed by atoms with Gasteiger partial charge < -0.3 is 9.73 Å². The highest BCUT2D eigenvalue weighted by Gasteiger charge is 2.19. The standard InChI is InChI=1S/C25H23N3O4S2/c1-17(18-12-14-21(15-13-18)34(26,30)31)27-22(29)16-33-25-28-23(19-8-4-2-5-9-19)24(32-25)20-10-6-3-7-11-20/h2-15,17H,16H2,1H3,(H,27,29)(H2,26,30,31)/t17-/m1/s1. The maximum atomic E-state index is 12.5. The van der Waals surface area contributed by atoms with Crippen molar-refractivity contribution in [3.05, 3.63) is 90.5 Å². The predicted molar refractivity (Wildman–Crippen MR) is 132 cm³/mol. The molecule has 34 heavy (non-hydrogen) atoms. The first-order valence-corrected chi connectivity index (χ1v) is 13.0. The number of hydrogen-bond donors (Lipinski definition) is 2. The number of thioether (sulfide) groups is 1. The van der Waals surface area contributed by atoms with Crippen molar-refractivity contribution < 1.29 is 17.6 Å². The summed E-state index contributed by atoms with van der Waals surface area (Å²) >= 11 is 1.21. The van der Waals surface area contributed by atoms with E-state index in [0.29, 0.717) is 11.0 Å². The van der Waals surface area contributed by atoms with Crippen molar-refractivity contribution in [2.75, 3.05) is 5.75 Å². The molecule has 0 fully saturated rings. The Morgan fingerprint density at radius 3 is 2.15 bits per heavy atom.